The van der Waals surface area contributed by atoms with Gasteiger partial charge in [-0.3, -0.25) is 14.3 Å². The van der Waals surface area contributed by atoms with Gasteiger partial charge in [0, 0.05) is 11.8 Å². The van der Waals surface area contributed by atoms with Gasteiger partial charge in [0.15, 0.2) is 0 Å². The van der Waals surface area contributed by atoms with Crippen molar-refractivity contribution in [3.63, 3.8) is 0 Å². The molecule has 3 aromatic rings. The number of rotatable bonds is 1. The molecule has 0 fully saturated rings. The van der Waals surface area contributed by atoms with E-state index in [1.165, 1.54) is 23.0 Å². The average molecular weight is 279 g/mol. The first-order chi connectivity index (χ1) is 10.2. The number of hydrogen-bond donors (Lipinski definition) is 0. The second-order valence-electron chi connectivity index (χ2n) is 4.38. The highest BCUT2D eigenvalue weighted by Gasteiger charge is 2.01. The summed E-state index contributed by atoms with van der Waals surface area (Å²) in [6.07, 6.45) is 4.55. The second kappa shape index (κ2) is 5.55. The van der Waals surface area contributed by atoms with E-state index < -0.39 is 0 Å². The lowest BCUT2D eigenvalue weighted by molar-refractivity contribution is 0.627. The number of pyridine rings is 1. The maximum absolute atomic E-state index is 12.8. The van der Waals surface area contributed by atoms with Crippen LogP contribution in [0.25, 0.3) is 10.9 Å². The molecule has 0 aliphatic heterocycles. The maximum atomic E-state index is 12.8. The monoisotopic (exact) mass is 279 g/mol. The molecule has 0 bridgehead atoms. The molecule has 0 N–H and O–H groups in total. The van der Waals surface area contributed by atoms with E-state index in [1.807, 2.05) is 0 Å². The Labute approximate surface area is 119 Å². The lowest BCUT2D eigenvalue weighted by atomic mass is 10.2. The molecule has 1 aromatic carbocycles. The third-order valence-electron chi connectivity index (χ3n) is 2.95. The predicted octanol–water partition coefficient (Wildman–Crippen LogP) is 1.98. The molecule has 3 rings (SSSR count). The number of nitrogens with zero attached hydrogens (tertiary/aromatic N) is 3. The van der Waals surface area contributed by atoms with Crippen LogP contribution >= 0.6 is 0 Å². The summed E-state index contributed by atoms with van der Waals surface area (Å²) in [5.74, 6) is 5.46. The Kier molecular flexibility index (Phi) is 3.44. The summed E-state index contributed by atoms with van der Waals surface area (Å²) >= 11 is 0. The Hall–Kier alpha value is -3.00. The van der Waals surface area contributed by atoms with Crippen molar-refractivity contribution in [2.75, 3.05) is 0 Å². The number of benzene rings is 1. The van der Waals surface area contributed by atoms with Crippen LogP contribution < -0.4 is 5.56 Å². The minimum Gasteiger partial charge on any atom is -0.287 e. The van der Waals surface area contributed by atoms with Gasteiger partial charge < -0.3 is 0 Å². The Morgan fingerprint density at radius 2 is 2.00 bits per heavy atom. The van der Waals surface area contributed by atoms with Gasteiger partial charge in [-0.25, -0.2) is 9.37 Å². The zero-order chi connectivity index (χ0) is 14.7. The van der Waals surface area contributed by atoms with E-state index in [9.17, 15) is 9.18 Å². The molecule has 0 radical (unpaired) electrons. The molecule has 21 heavy (non-hydrogen) atoms. The zero-order valence-corrected chi connectivity index (χ0v) is 11.0. The van der Waals surface area contributed by atoms with Gasteiger partial charge in [-0.15, -0.1) is 0 Å². The molecule has 2 heterocycles. The van der Waals surface area contributed by atoms with Crippen LogP contribution in [-0.4, -0.2) is 14.5 Å². The van der Waals surface area contributed by atoms with Gasteiger partial charge in [0.2, 0.25) is 0 Å². The molecule has 0 atom stereocenters. The Balaban J connectivity index is 1.88. The highest BCUT2D eigenvalue weighted by atomic mass is 19.1. The number of halogens is 1. The molecule has 0 amide bonds. The van der Waals surface area contributed by atoms with Gasteiger partial charge >= 0.3 is 0 Å². The largest absolute Gasteiger partial charge is 0.287 e. The summed E-state index contributed by atoms with van der Waals surface area (Å²) in [5, 5.41) is 0.510. The maximum Gasteiger partial charge on any atom is 0.262 e. The summed E-state index contributed by atoms with van der Waals surface area (Å²) in [6.45, 7) is 0.224. The molecule has 5 heteroatoms. The third kappa shape index (κ3) is 2.79. The zero-order valence-electron chi connectivity index (χ0n) is 11.0. The lowest BCUT2D eigenvalue weighted by Crippen LogP contribution is -2.20. The van der Waals surface area contributed by atoms with Crippen molar-refractivity contribution in [3.8, 4) is 11.8 Å². The lowest BCUT2D eigenvalue weighted by Gasteiger charge is -2.01. The Morgan fingerprint density at radius 3 is 2.81 bits per heavy atom. The van der Waals surface area contributed by atoms with Gasteiger partial charge in [0.05, 0.1) is 30.0 Å². The quantitative estimate of drug-likeness (QED) is 0.640. The van der Waals surface area contributed by atoms with E-state index in [1.54, 1.807) is 30.6 Å². The minimum absolute atomic E-state index is 0.157. The van der Waals surface area contributed by atoms with E-state index in [4.69, 9.17) is 0 Å². The van der Waals surface area contributed by atoms with Gasteiger partial charge in [0.1, 0.15) is 5.82 Å². The smallest absolute Gasteiger partial charge is 0.262 e. The molecule has 0 saturated heterocycles. The van der Waals surface area contributed by atoms with Crippen LogP contribution in [0.4, 0.5) is 4.39 Å². The molecule has 4 nitrogen and oxygen atoms in total. The van der Waals surface area contributed by atoms with Crippen molar-refractivity contribution in [2.45, 2.75) is 6.54 Å². The standard InChI is InChI=1S/C16H10FN3O/c17-13-5-3-12(4-6-13)2-1-9-20-11-19-15-10-18-8-7-14(15)16(20)21/h3-8,10-11H,9H2. The van der Waals surface area contributed by atoms with Crippen LogP contribution in [0.1, 0.15) is 5.56 Å². The van der Waals surface area contributed by atoms with Gasteiger partial charge in [-0.2, -0.15) is 0 Å². The minimum atomic E-state index is -0.302. The number of hydrogen-bond acceptors (Lipinski definition) is 3. The molecule has 2 aromatic heterocycles. The van der Waals surface area contributed by atoms with E-state index in [0.29, 0.717) is 16.5 Å². The first-order valence-electron chi connectivity index (χ1n) is 6.27. The number of fused-ring (bicyclic) bond motifs is 1. The first kappa shape index (κ1) is 13.0. The fraction of sp³-hybridized carbons (Fsp3) is 0.0625. The van der Waals surface area contributed by atoms with Crippen molar-refractivity contribution >= 4 is 10.9 Å². The Morgan fingerprint density at radius 1 is 1.19 bits per heavy atom. The van der Waals surface area contributed by atoms with Crippen molar-refractivity contribution in [1.82, 2.24) is 14.5 Å². The van der Waals surface area contributed by atoms with Crippen molar-refractivity contribution in [3.05, 3.63) is 70.8 Å². The third-order valence-corrected chi connectivity index (χ3v) is 2.95. The molecule has 102 valence electrons. The van der Waals surface area contributed by atoms with Crippen LogP contribution in [0.3, 0.4) is 0 Å². The fourth-order valence-electron chi connectivity index (χ4n) is 1.88. The average Bonchev–Trinajstić information content (AvgIpc) is 2.52. The normalized spacial score (nSPS) is 10.1. The molecular formula is C16H10FN3O. The van der Waals surface area contributed by atoms with Gasteiger partial charge in [-0.05, 0) is 30.3 Å². The van der Waals surface area contributed by atoms with E-state index >= 15 is 0 Å². The number of aromatic nitrogens is 3. The van der Waals surface area contributed by atoms with Crippen LogP contribution in [0.2, 0.25) is 0 Å². The van der Waals surface area contributed by atoms with Crippen molar-refractivity contribution in [2.24, 2.45) is 0 Å². The highest BCUT2D eigenvalue weighted by Crippen LogP contribution is 2.02. The predicted molar refractivity (Wildman–Crippen MR) is 77.1 cm³/mol. The van der Waals surface area contributed by atoms with E-state index in [2.05, 4.69) is 21.8 Å². The summed E-state index contributed by atoms with van der Waals surface area (Å²) in [5.41, 5.74) is 1.10. The summed E-state index contributed by atoms with van der Waals surface area (Å²) in [7, 11) is 0. The molecule has 0 aliphatic carbocycles. The van der Waals surface area contributed by atoms with Gasteiger partial charge in [0.25, 0.3) is 5.56 Å². The second-order valence-corrected chi connectivity index (χ2v) is 4.38. The molecule has 0 saturated carbocycles. The van der Waals surface area contributed by atoms with E-state index in [0.717, 1.165) is 0 Å². The summed E-state index contributed by atoms with van der Waals surface area (Å²) in [4.78, 5) is 20.3. The van der Waals surface area contributed by atoms with Crippen molar-refractivity contribution in [1.29, 1.82) is 0 Å². The molecular weight excluding hydrogens is 269 g/mol. The van der Waals surface area contributed by atoms with Gasteiger partial charge in [-0.1, -0.05) is 11.8 Å². The SMILES string of the molecule is O=c1c2ccncc2ncn1CC#Cc1ccc(F)cc1. The topological polar surface area (TPSA) is 47.8 Å². The van der Waals surface area contributed by atoms with Crippen LogP contribution in [0, 0.1) is 17.7 Å². The molecule has 0 aliphatic rings. The van der Waals surface area contributed by atoms with Crippen LogP contribution in [0.15, 0.2) is 53.8 Å². The van der Waals surface area contributed by atoms with Crippen LogP contribution in [-0.2, 0) is 6.54 Å². The highest BCUT2D eigenvalue weighted by molar-refractivity contribution is 5.75. The van der Waals surface area contributed by atoms with Crippen molar-refractivity contribution < 1.29 is 4.39 Å². The van der Waals surface area contributed by atoms with E-state index in [-0.39, 0.29) is 17.9 Å². The fourth-order valence-corrected chi connectivity index (χ4v) is 1.88. The van der Waals surface area contributed by atoms with Crippen LogP contribution in [0.5, 0.6) is 0 Å². The summed E-state index contributed by atoms with van der Waals surface area (Å²) in [6, 6.07) is 7.51. The summed E-state index contributed by atoms with van der Waals surface area (Å²) < 4.78 is 14.2. The molecule has 0 spiro atoms. The first-order valence-corrected chi connectivity index (χ1v) is 6.27. The molecule has 0 unspecified atom stereocenters. The Bertz CT molecular complexity index is 904.